The van der Waals surface area contributed by atoms with E-state index in [4.69, 9.17) is 16.1 Å². The Morgan fingerprint density at radius 3 is 2.83 bits per heavy atom. The molecule has 0 N–H and O–H groups in total. The highest BCUT2D eigenvalue weighted by Crippen LogP contribution is 2.27. The monoisotopic (exact) mass is 282 g/mol. The van der Waals surface area contributed by atoms with Crippen LogP contribution < -0.4 is 0 Å². The molecule has 1 heterocycles. The maximum absolute atomic E-state index is 6.30. The van der Waals surface area contributed by atoms with Crippen LogP contribution in [-0.2, 0) is 5.75 Å². The van der Waals surface area contributed by atoms with Gasteiger partial charge in [-0.2, -0.15) is 16.7 Å². The van der Waals surface area contributed by atoms with Crippen molar-refractivity contribution in [1.82, 2.24) is 10.1 Å². The first-order valence-electron chi connectivity index (χ1n) is 5.90. The van der Waals surface area contributed by atoms with Crippen LogP contribution in [0.2, 0.25) is 0 Å². The first kappa shape index (κ1) is 13.4. The van der Waals surface area contributed by atoms with Crippen LogP contribution in [0.15, 0.2) is 34.9 Å². The molecule has 0 aliphatic heterocycles. The van der Waals surface area contributed by atoms with E-state index in [2.05, 4.69) is 17.1 Å². The fourth-order valence-electron chi connectivity index (χ4n) is 1.50. The minimum absolute atomic E-state index is 0.372. The van der Waals surface area contributed by atoms with E-state index in [1.54, 1.807) is 11.8 Å². The molecule has 0 aliphatic rings. The van der Waals surface area contributed by atoms with Gasteiger partial charge in [-0.25, -0.2) is 0 Å². The molecule has 0 spiro atoms. The SMILES string of the molecule is CCCSCc1noc(C(Cl)c2ccccc2)n1. The molecule has 5 heteroatoms. The summed E-state index contributed by atoms with van der Waals surface area (Å²) in [5, 5.41) is 3.57. The van der Waals surface area contributed by atoms with E-state index in [9.17, 15) is 0 Å². The van der Waals surface area contributed by atoms with Gasteiger partial charge in [0.25, 0.3) is 0 Å². The van der Waals surface area contributed by atoms with Crippen molar-refractivity contribution in [3.8, 4) is 0 Å². The van der Waals surface area contributed by atoms with Gasteiger partial charge in [0.05, 0.1) is 5.75 Å². The highest BCUT2D eigenvalue weighted by molar-refractivity contribution is 7.98. The van der Waals surface area contributed by atoms with Crippen molar-refractivity contribution in [2.75, 3.05) is 5.75 Å². The molecular weight excluding hydrogens is 268 g/mol. The van der Waals surface area contributed by atoms with Crippen LogP contribution in [0, 0.1) is 0 Å². The molecule has 0 saturated carbocycles. The molecule has 0 amide bonds. The number of benzene rings is 1. The van der Waals surface area contributed by atoms with Crippen LogP contribution in [0.4, 0.5) is 0 Å². The number of nitrogens with zero attached hydrogens (tertiary/aromatic N) is 2. The zero-order chi connectivity index (χ0) is 12.8. The zero-order valence-corrected chi connectivity index (χ0v) is 11.7. The summed E-state index contributed by atoms with van der Waals surface area (Å²) < 4.78 is 5.21. The second-order valence-electron chi connectivity index (χ2n) is 3.87. The van der Waals surface area contributed by atoms with Crippen molar-refractivity contribution in [2.45, 2.75) is 24.5 Å². The van der Waals surface area contributed by atoms with E-state index in [-0.39, 0.29) is 5.38 Å². The molecule has 0 saturated heterocycles. The first-order chi connectivity index (χ1) is 8.81. The van der Waals surface area contributed by atoms with Gasteiger partial charge in [0, 0.05) is 0 Å². The lowest BCUT2D eigenvalue weighted by Crippen LogP contribution is -1.93. The van der Waals surface area contributed by atoms with Gasteiger partial charge in [-0.1, -0.05) is 42.4 Å². The van der Waals surface area contributed by atoms with E-state index in [1.165, 1.54) is 0 Å². The lowest BCUT2D eigenvalue weighted by atomic mass is 10.1. The van der Waals surface area contributed by atoms with Gasteiger partial charge in [-0.15, -0.1) is 11.6 Å². The van der Waals surface area contributed by atoms with E-state index in [0.717, 1.165) is 23.5 Å². The standard InChI is InChI=1S/C13H15ClN2OS/c1-2-8-18-9-11-15-13(17-16-11)12(14)10-6-4-3-5-7-10/h3-7,12H,2,8-9H2,1H3. The molecular formula is C13H15ClN2OS. The van der Waals surface area contributed by atoms with Gasteiger partial charge in [0.2, 0.25) is 5.89 Å². The van der Waals surface area contributed by atoms with Gasteiger partial charge >= 0.3 is 0 Å². The predicted molar refractivity (Wildman–Crippen MR) is 74.9 cm³/mol. The third-order valence-electron chi connectivity index (χ3n) is 2.37. The molecule has 0 bridgehead atoms. The van der Waals surface area contributed by atoms with Gasteiger partial charge in [-0.05, 0) is 17.7 Å². The Labute approximate surface area is 116 Å². The Morgan fingerprint density at radius 2 is 2.11 bits per heavy atom. The van der Waals surface area contributed by atoms with Gasteiger partial charge in [0.1, 0.15) is 5.38 Å². The summed E-state index contributed by atoms with van der Waals surface area (Å²) in [7, 11) is 0. The van der Waals surface area contributed by atoms with Crippen molar-refractivity contribution in [2.24, 2.45) is 0 Å². The summed E-state index contributed by atoms with van der Waals surface area (Å²) >= 11 is 8.10. The first-order valence-corrected chi connectivity index (χ1v) is 7.49. The second kappa shape index (κ2) is 6.81. The average molecular weight is 283 g/mol. The molecule has 2 rings (SSSR count). The van der Waals surface area contributed by atoms with Crippen molar-refractivity contribution in [1.29, 1.82) is 0 Å². The Bertz CT molecular complexity index is 475. The number of rotatable bonds is 6. The van der Waals surface area contributed by atoms with Gasteiger partial charge in [-0.3, -0.25) is 0 Å². The molecule has 0 aliphatic carbocycles. The fraction of sp³-hybridized carbons (Fsp3) is 0.385. The molecule has 0 fully saturated rings. The molecule has 1 aromatic heterocycles. The lowest BCUT2D eigenvalue weighted by molar-refractivity contribution is 0.378. The Hall–Kier alpha value is -1.00. The van der Waals surface area contributed by atoms with Crippen molar-refractivity contribution in [3.63, 3.8) is 0 Å². The molecule has 18 heavy (non-hydrogen) atoms. The van der Waals surface area contributed by atoms with Gasteiger partial charge < -0.3 is 4.52 Å². The molecule has 3 nitrogen and oxygen atoms in total. The Morgan fingerprint density at radius 1 is 1.33 bits per heavy atom. The summed E-state index contributed by atoms with van der Waals surface area (Å²) in [6, 6.07) is 9.74. The topological polar surface area (TPSA) is 38.9 Å². The number of halogens is 1. The maximum atomic E-state index is 6.30. The van der Waals surface area contributed by atoms with Gasteiger partial charge in [0.15, 0.2) is 5.82 Å². The van der Waals surface area contributed by atoms with E-state index in [0.29, 0.717) is 11.7 Å². The van der Waals surface area contributed by atoms with Crippen molar-refractivity contribution in [3.05, 3.63) is 47.6 Å². The van der Waals surface area contributed by atoms with E-state index < -0.39 is 0 Å². The molecule has 2 aromatic rings. The molecule has 96 valence electrons. The number of hydrogen-bond acceptors (Lipinski definition) is 4. The van der Waals surface area contributed by atoms with E-state index >= 15 is 0 Å². The quantitative estimate of drug-likeness (QED) is 0.592. The third-order valence-corrected chi connectivity index (χ3v) is 3.97. The third kappa shape index (κ3) is 3.50. The smallest absolute Gasteiger partial charge is 0.249 e. The zero-order valence-electron chi connectivity index (χ0n) is 10.2. The summed E-state index contributed by atoms with van der Waals surface area (Å²) in [5.41, 5.74) is 0.968. The summed E-state index contributed by atoms with van der Waals surface area (Å²) in [4.78, 5) is 4.33. The normalized spacial score (nSPS) is 12.6. The fourth-order valence-corrected chi connectivity index (χ4v) is 2.47. The van der Waals surface area contributed by atoms with Crippen LogP contribution in [0.1, 0.15) is 36.0 Å². The van der Waals surface area contributed by atoms with E-state index in [1.807, 2.05) is 30.3 Å². The van der Waals surface area contributed by atoms with Crippen LogP contribution in [-0.4, -0.2) is 15.9 Å². The maximum Gasteiger partial charge on any atom is 0.249 e. The number of thioether (sulfide) groups is 1. The predicted octanol–water partition coefficient (Wildman–Crippen LogP) is 4.04. The average Bonchev–Trinajstić information content (AvgIpc) is 2.88. The van der Waals surface area contributed by atoms with Crippen molar-refractivity contribution >= 4 is 23.4 Å². The largest absolute Gasteiger partial charge is 0.337 e. The summed E-state index contributed by atoms with van der Waals surface area (Å²) in [6.07, 6.45) is 1.15. The van der Waals surface area contributed by atoms with Crippen LogP contribution >= 0.6 is 23.4 Å². The lowest BCUT2D eigenvalue weighted by Gasteiger charge is -2.03. The molecule has 1 aromatic carbocycles. The molecule has 1 unspecified atom stereocenters. The van der Waals surface area contributed by atoms with Crippen LogP contribution in [0.3, 0.4) is 0 Å². The van der Waals surface area contributed by atoms with Crippen LogP contribution in [0.25, 0.3) is 0 Å². The van der Waals surface area contributed by atoms with Crippen molar-refractivity contribution < 1.29 is 4.52 Å². The van der Waals surface area contributed by atoms with Crippen LogP contribution in [0.5, 0.6) is 0 Å². The number of aromatic nitrogens is 2. The highest BCUT2D eigenvalue weighted by Gasteiger charge is 2.17. The highest BCUT2D eigenvalue weighted by atomic mass is 35.5. The Kier molecular flexibility index (Phi) is 5.08. The second-order valence-corrected chi connectivity index (χ2v) is 5.42. The summed E-state index contributed by atoms with van der Waals surface area (Å²) in [6.45, 7) is 2.15. The minimum Gasteiger partial charge on any atom is -0.337 e. The Balaban J connectivity index is 2.01. The summed E-state index contributed by atoms with van der Waals surface area (Å²) in [5.74, 6) is 3.06. The number of hydrogen-bond donors (Lipinski definition) is 0. The minimum atomic E-state index is -0.372. The number of alkyl halides is 1. The molecule has 1 atom stereocenters. The molecule has 0 radical (unpaired) electrons.